The standard InChI is InChI=1S/C15H14ClFO2/c1-9-6-7-10(12(16)8-9)15(18)11-4-3-5-13(19-2)14(11)17/h3-8,15,18H,1-2H3. The molecule has 0 amide bonds. The summed E-state index contributed by atoms with van der Waals surface area (Å²) >= 11 is 6.09. The zero-order valence-electron chi connectivity index (χ0n) is 10.7. The summed E-state index contributed by atoms with van der Waals surface area (Å²) in [5.41, 5.74) is 1.59. The molecule has 0 radical (unpaired) electrons. The second-order valence-corrected chi connectivity index (χ2v) is 4.70. The second-order valence-electron chi connectivity index (χ2n) is 4.29. The third kappa shape index (κ3) is 2.72. The van der Waals surface area contributed by atoms with Gasteiger partial charge in [-0.25, -0.2) is 4.39 Å². The summed E-state index contributed by atoms with van der Waals surface area (Å²) in [7, 11) is 1.38. The molecule has 4 heteroatoms. The number of benzene rings is 2. The molecule has 2 rings (SSSR count). The Morgan fingerprint density at radius 3 is 2.58 bits per heavy atom. The van der Waals surface area contributed by atoms with Crippen LogP contribution in [0.2, 0.25) is 5.02 Å². The molecule has 0 saturated carbocycles. The highest BCUT2D eigenvalue weighted by atomic mass is 35.5. The third-order valence-corrected chi connectivity index (χ3v) is 3.29. The van der Waals surface area contributed by atoms with Crippen LogP contribution in [0.4, 0.5) is 4.39 Å². The van der Waals surface area contributed by atoms with Crippen LogP contribution in [0.25, 0.3) is 0 Å². The van der Waals surface area contributed by atoms with Gasteiger partial charge in [-0.15, -0.1) is 0 Å². The maximum atomic E-state index is 14.1. The van der Waals surface area contributed by atoms with Crippen molar-refractivity contribution >= 4 is 11.6 Å². The van der Waals surface area contributed by atoms with Crippen LogP contribution in [-0.2, 0) is 0 Å². The van der Waals surface area contributed by atoms with Gasteiger partial charge in [-0.3, -0.25) is 0 Å². The molecule has 0 aromatic heterocycles. The Balaban J connectivity index is 2.47. The van der Waals surface area contributed by atoms with Gasteiger partial charge in [0.05, 0.1) is 7.11 Å². The van der Waals surface area contributed by atoms with Gasteiger partial charge < -0.3 is 9.84 Å². The van der Waals surface area contributed by atoms with E-state index in [2.05, 4.69) is 0 Å². The van der Waals surface area contributed by atoms with E-state index >= 15 is 0 Å². The minimum Gasteiger partial charge on any atom is -0.494 e. The van der Waals surface area contributed by atoms with Crippen molar-refractivity contribution in [2.24, 2.45) is 0 Å². The first kappa shape index (κ1) is 13.8. The topological polar surface area (TPSA) is 29.5 Å². The maximum Gasteiger partial charge on any atom is 0.171 e. The quantitative estimate of drug-likeness (QED) is 0.924. The summed E-state index contributed by atoms with van der Waals surface area (Å²) in [6, 6.07) is 9.89. The minimum atomic E-state index is -1.12. The molecule has 100 valence electrons. The molecule has 0 aliphatic heterocycles. The van der Waals surface area contributed by atoms with E-state index in [4.69, 9.17) is 16.3 Å². The van der Waals surface area contributed by atoms with Crippen molar-refractivity contribution in [1.82, 2.24) is 0 Å². The molecule has 2 aromatic rings. The van der Waals surface area contributed by atoms with Gasteiger partial charge in [0.2, 0.25) is 0 Å². The van der Waals surface area contributed by atoms with Gasteiger partial charge in [0.15, 0.2) is 11.6 Å². The summed E-state index contributed by atoms with van der Waals surface area (Å²) in [5, 5.41) is 10.7. The zero-order valence-corrected chi connectivity index (χ0v) is 11.4. The maximum absolute atomic E-state index is 14.1. The summed E-state index contributed by atoms with van der Waals surface area (Å²) in [4.78, 5) is 0. The van der Waals surface area contributed by atoms with Crippen molar-refractivity contribution in [3.8, 4) is 5.75 Å². The van der Waals surface area contributed by atoms with Gasteiger partial charge in [-0.05, 0) is 24.6 Å². The molecule has 0 aliphatic rings. The van der Waals surface area contributed by atoms with E-state index in [0.29, 0.717) is 10.6 Å². The Labute approximate surface area is 116 Å². The van der Waals surface area contributed by atoms with Gasteiger partial charge in [0.1, 0.15) is 6.10 Å². The van der Waals surface area contributed by atoms with Crippen LogP contribution >= 0.6 is 11.6 Å². The highest BCUT2D eigenvalue weighted by Crippen LogP contribution is 2.32. The fourth-order valence-electron chi connectivity index (χ4n) is 1.92. The summed E-state index contributed by atoms with van der Waals surface area (Å²) in [6.07, 6.45) is -1.12. The summed E-state index contributed by atoms with van der Waals surface area (Å²) in [5.74, 6) is -0.478. The smallest absolute Gasteiger partial charge is 0.171 e. The molecular weight excluding hydrogens is 267 g/mol. The first-order chi connectivity index (χ1) is 9.04. The van der Waals surface area contributed by atoms with Crippen molar-refractivity contribution in [1.29, 1.82) is 0 Å². The number of methoxy groups -OCH3 is 1. The molecule has 2 aromatic carbocycles. The van der Waals surface area contributed by atoms with Crippen LogP contribution in [0.5, 0.6) is 5.75 Å². The lowest BCUT2D eigenvalue weighted by atomic mass is 9.99. The molecule has 0 fully saturated rings. The van der Waals surface area contributed by atoms with E-state index in [9.17, 15) is 9.50 Å². The van der Waals surface area contributed by atoms with Gasteiger partial charge in [0.25, 0.3) is 0 Å². The predicted molar refractivity (Wildman–Crippen MR) is 73.2 cm³/mol. The summed E-state index contributed by atoms with van der Waals surface area (Å²) < 4.78 is 19.0. The lowest BCUT2D eigenvalue weighted by Crippen LogP contribution is -2.04. The predicted octanol–water partition coefficient (Wildman–Crippen LogP) is 3.88. The molecule has 1 N–H and O–H groups in total. The number of aliphatic hydroxyl groups excluding tert-OH is 1. The Morgan fingerprint density at radius 1 is 1.21 bits per heavy atom. The molecule has 0 saturated heterocycles. The molecule has 19 heavy (non-hydrogen) atoms. The number of hydrogen-bond acceptors (Lipinski definition) is 2. The fraction of sp³-hybridized carbons (Fsp3) is 0.200. The van der Waals surface area contributed by atoms with E-state index in [0.717, 1.165) is 5.56 Å². The van der Waals surface area contributed by atoms with Gasteiger partial charge in [-0.2, -0.15) is 0 Å². The number of rotatable bonds is 3. The van der Waals surface area contributed by atoms with Crippen LogP contribution < -0.4 is 4.74 Å². The SMILES string of the molecule is COc1cccc(C(O)c2ccc(C)cc2Cl)c1F. The first-order valence-corrected chi connectivity index (χ1v) is 6.19. The lowest BCUT2D eigenvalue weighted by Gasteiger charge is -2.15. The fourth-order valence-corrected chi connectivity index (χ4v) is 2.26. The van der Waals surface area contributed by atoms with E-state index < -0.39 is 11.9 Å². The van der Waals surface area contributed by atoms with Crippen molar-refractivity contribution < 1.29 is 14.2 Å². The minimum absolute atomic E-state index is 0.0970. The van der Waals surface area contributed by atoms with E-state index in [-0.39, 0.29) is 11.3 Å². The molecule has 1 unspecified atom stereocenters. The Hall–Kier alpha value is -1.58. The van der Waals surface area contributed by atoms with Gasteiger partial charge in [-0.1, -0.05) is 35.9 Å². The van der Waals surface area contributed by atoms with Crippen molar-refractivity contribution in [2.45, 2.75) is 13.0 Å². The number of halogens is 2. The molecular formula is C15H14ClFO2. The van der Waals surface area contributed by atoms with Crippen LogP contribution in [-0.4, -0.2) is 12.2 Å². The molecule has 0 spiro atoms. The lowest BCUT2D eigenvalue weighted by molar-refractivity contribution is 0.213. The largest absolute Gasteiger partial charge is 0.494 e. The Kier molecular flexibility index (Phi) is 4.08. The average Bonchev–Trinajstić information content (AvgIpc) is 2.38. The van der Waals surface area contributed by atoms with Crippen LogP contribution in [0.1, 0.15) is 22.8 Å². The normalized spacial score (nSPS) is 12.3. The number of ether oxygens (including phenoxy) is 1. The molecule has 0 heterocycles. The van der Waals surface area contributed by atoms with E-state index in [1.165, 1.54) is 19.2 Å². The second kappa shape index (κ2) is 5.59. The van der Waals surface area contributed by atoms with Crippen molar-refractivity contribution in [2.75, 3.05) is 7.11 Å². The van der Waals surface area contributed by atoms with Crippen LogP contribution in [0.3, 0.4) is 0 Å². The molecule has 0 aliphatic carbocycles. The zero-order chi connectivity index (χ0) is 14.0. The van der Waals surface area contributed by atoms with E-state index in [1.807, 2.05) is 13.0 Å². The molecule has 0 bridgehead atoms. The van der Waals surface area contributed by atoms with E-state index in [1.54, 1.807) is 18.2 Å². The highest BCUT2D eigenvalue weighted by molar-refractivity contribution is 6.31. The average molecular weight is 281 g/mol. The molecule has 1 atom stereocenters. The number of aliphatic hydroxyl groups is 1. The van der Waals surface area contributed by atoms with Crippen LogP contribution in [0, 0.1) is 12.7 Å². The molecule has 2 nitrogen and oxygen atoms in total. The van der Waals surface area contributed by atoms with Gasteiger partial charge in [0, 0.05) is 16.1 Å². The summed E-state index contributed by atoms with van der Waals surface area (Å²) in [6.45, 7) is 1.90. The Morgan fingerprint density at radius 2 is 1.95 bits per heavy atom. The third-order valence-electron chi connectivity index (χ3n) is 2.96. The van der Waals surface area contributed by atoms with Crippen molar-refractivity contribution in [3.05, 3.63) is 63.9 Å². The number of aryl methyl sites for hydroxylation is 1. The number of hydrogen-bond donors (Lipinski definition) is 1. The Bertz CT molecular complexity index is 599. The van der Waals surface area contributed by atoms with Gasteiger partial charge >= 0.3 is 0 Å². The first-order valence-electron chi connectivity index (χ1n) is 5.81. The van der Waals surface area contributed by atoms with Crippen LogP contribution in [0.15, 0.2) is 36.4 Å². The monoisotopic (exact) mass is 280 g/mol. The van der Waals surface area contributed by atoms with Crippen molar-refractivity contribution in [3.63, 3.8) is 0 Å². The highest BCUT2D eigenvalue weighted by Gasteiger charge is 2.19.